The first-order valence-electron chi connectivity index (χ1n) is 5.92. The topological polar surface area (TPSA) is 75.6 Å². The number of hydrogen-bond donors (Lipinski definition) is 2. The lowest BCUT2D eigenvalue weighted by atomic mass is 10.1. The van der Waals surface area contributed by atoms with E-state index in [0.717, 1.165) is 10.0 Å². The Bertz CT molecular complexity index is 517. The summed E-state index contributed by atoms with van der Waals surface area (Å²) in [7, 11) is 0. The molecule has 5 nitrogen and oxygen atoms in total. The summed E-state index contributed by atoms with van der Waals surface area (Å²) < 4.78 is 6.16. The molecule has 1 aliphatic rings. The lowest BCUT2D eigenvalue weighted by Gasteiger charge is -2.12. The van der Waals surface area contributed by atoms with Crippen LogP contribution in [0.25, 0.3) is 0 Å². The second kappa shape index (κ2) is 5.71. The lowest BCUT2D eigenvalue weighted by molar-refractivity contribution is -0.150. The molecule has 1 aliphatic heterocycles. The van der Waals surface area contributed by atoms with Crippen molar-refractivity contribution in [3.8, 4) is 0 Å². The zero-order valence-corrected chi connectivity index (χ0v) is 11.9. The Kier molecular flexibility index (Phi) is 4.21. The number of rotatable bonds is 3. The van der Waals surface area contributed by atoms with E-state index in [4.69, 9.17) is 9.84 Å². The van der Waals surface area contributed by atoms with Gasteiger partial charge in [0.15, 0.2) is 6.10 Å². The molecule has 2 N–H and O–H groups in total. The van der Waals surface area contributed by atoms with Gasteiger partial charge in [-0.05, 0) is 43.5 Å². The molecule has 0 bridgehead atoms. The summed E-state index contributed by atoms with van der Waals surface area (Å²) in [5.41, 5.74) is 1.68. The van der Waals surface area contributed by atoms with Crippen molar-refractivity contribution in [1.82, 2.24) is 0 Å². The standard InChI is InChI=1S/C13H14BrNO4/c1-7-6-8(2-3-9(7)14)15-12(16)10-4-5-11(19-10)13(17)18/h2-3,6,10-11H,4-5H2,1H3,(H,15,16)(H,17,18). The molecule has 2 unspecified atom stereocenters. The summed E-state index contributed by atoms with van der Waals surface area (Å²) in [6.07, 6.45) is -0.766. The Labute approximate surface area is 119 Å². The quantitative estimate of drug-likeness (QED) is 0.893. The van der Waals surface area contributed by atoms with Crippen molar-refractivity contribution in [3.63, 3.8) is 0 Å². The van der Waals surface area contributed by atoms with E-state index in [9.17, 15) is 9.59 Å². The van der Waals surface area contributed by atoms with Crippen LogP contribution in [-0.2, 0) is 14.3 Å². The number of aliphatic carboxylic acids is 1. The molecule has 1 aromatic carbocycles. The van der Waals surface area contributed by atoms with Gasteiger partial charge >= 0.3 is 5.97 Å². The van der Waals surface area contributed by atoms with Gasteiger partial charge in [-0.2, -0.15) is 0 Å². The maximum Gasteiger partial charge on any atom is 0.332 e. The van der Waals surface area contributed by atoms with E-state index in [-0.39, 0.29) is 5.91 Å². The van der Waals surface area contributed by atoms with Gasteiger partial charge in [0.2, 0.25) is 0 Å². The van der Waals surface area contributed by atoms with E-state index in [1.165, 1.54) is 0 Å². The molecule has 0 spiro atoms. The van der Waals surface area contributed by atoms with E-state index in [1.54, 1.807) is 6.07 Å². The van der Waals surface area contributed by atoms with Crippen molar-refractivity contribution in [2.45, 2.75) is 32.0 Å². The van der Waals surface area contributed by atoms with Gasteiger partial charge in [0.05, 0.1) is 0 Å². The molecule has 1 saturated heterocycles. The Morgan fingerprint density at radius 2 is 2.05 bits per heavy atom. The minimum absolute atomic E-state index is 0.300. The Hall–Kier alpha value is -1.40. The Morgan fingerprint density at radius 1 is 1.37 bits per heavy atom. The molecule has 0 aromatic heterocycles. The summed E-state index contributed by atoms with van der Waals surface area (Å²) in [5.74, 6) is -1.32. The summed E-state index contributed by atoms with van der Waals surface area (Å²) in [5, 5.41) is 11.5. The number of anilines is 1. The SMILES string of the molecule is Cc1cc(NC(=O)C2CCC(C(=O)O)O2)ccc1Br. The number of carbonyl (C=O) groups excluding carboxylic acids is 1. The highest BCUT2D eigenvalue weighted by molar-refractivity contribution is 9.10. The van der Waals surface area contributed by atoms with E-state index >= 15 is 0 Å². The van der Waals surface area contributed by atoms with E-state index in [2.05, 4.69) is 21.2 Å². The molecule has 1 heterocycles. The minimum atomic E-state index is -1.02. The average Bonchev–Trinajstić information content (AvgIpc) is 2.83. The fourth-order valence-corrected chi connectivity index (χ4v) is 2.20. The smallest absolute Gasteiger partial charge is 0.332 e. The van der Waals surface area contributed by atoms with Gasteiger partial charge in [0.25, 0.3) is 5.91 Å². The molecule has 0 radical (unpaired) electrons. The van der Waals surface area contributed by atoms with Crippen LogP contribution in [0.5, 0.6) is 0 Å². The van der Waals surface area contributed by atoms with Gasteiger partial charge in [0.1, 0.15) is 6.10 Å². The molecule has 0 aliphatic carbocycles. The van der Waals surface area contributed by atoms with Crippen LogP contribution >= 0.6 is 15.9 Å². The molecular formula is C13H14BrNO4. The van der Waals surface area contributed by atoms with E-state index in [0.29, 0.717) is 18.5 Å². The number of hydrogen-bond acceptors (Lipinski definition) is 3. The number of aryl methyl sites for hydroxylation is 1. The molecule has 1 fully saturated rings. The molecule has 2 rings (SSSR count). The third-order valence-corrected chi connectivity index (χ3v) is 3.90. The van der Waals surface area contributed by atoms with Crippen LogP contribution in [0, 0.1) is 6.92 Å². The maximum absolute atomic E-state index is 11.9. The average molecular weight is 328 g/mol. The first-order valence-corrected chi connectivity index (χ1v) is 6.72. The van der Waals surface area contributed by atoms with Crippen molar-refractivity contribution in [2.24, 2.45) is 0 Å². The van der Waals surface area contributed by atoms with Crippen LogP contribution in [0.1, 0.15) is 18.4 Å². The lowest BCUT2D eigenvalue weighted by Crippen LogP contribution is -2.29. The van der Waals surface area contributed by atoms with Gasteiger partial charge in [-0.1, -0.05) is 15.9 Å². The number of benzene rings is 1. The number of amides is 1. The van der Waals surface area contributed by atoms with Gasteiger partial charge < -0.3 is 15.2 Å². The largest absolute Gasteiger partial charge is 0.479 e. The van der Waals surface area contributed by atoms with Gasteiger partial charge in [-0.25, -0.2) is 4.79 Å². The van der Waals surface area contributed by atoms with Gasteiger partial charge in [-0.15, -0.1) is 0 Å². The molecule has 102 valence electrons. The molecule has 19 heavy (non-hydrogen) atoms. The van der Waals surface area contributed by atoms with Crippen molar-refractivity contribution in [3.05, 3.63) is 28.2 Å². The third-order valence-electron chi connectivity index (χ3n) is 3.01. The fraction of sp³-hybridized carbons (Fsp3) is 0.385. The van der Waals surface area contributed by atoms with Crippen LogP contribution in [-0.4, -0.2) is 29.2 Å². The molecule has 1 amide bonds. The van der Waals surface area contributed by atoms with Gasteiger partial charge in [-0.3, -0.25) is 4.79 Å². The molecule has 2 atom stereocenters. The summed E-state index contributed by atoms with van der Waals surface area (Å²) >= 11 is 3.38. The number of carbonyl (C=O) groups is 2. The second-order valence-corrected chi connectivity index (χ2v) is 5.34. The zero-order valence-electron chi connectivity index (χ0n) is 10.4. The zero-order chi connectivity index (χ0) is 14.0. The van der Waals surface area contributed by atoms with Crippen LogP contribution < -0.4 is 5.32 Å². The number of carboxylic acid groups (broad SMARTS) is 1. The van der Waals surface area contributed by atoms with Crippen LogP contribution in [0.2, 0.25) is 0 Å². The monoisotopic (exact) mass is 327 g/mol. The minimum Gasteiger partial charge on any atom is -0.479 e. The predicted molar refractivity (Wildman–Crippen MR) is 73.0 cm³/mol. The fourth-order valence-electron chi connectivity index (χ4n) is 1.96. The number of halogens is 1. The van der Waals surface area contributed by atoms with Crippen molar-refractivity contribution >= 4 is 33.5 Å². The van der Waals surface area contributed by atoms with E-state index in [1.807, 2.05) is 19.1 Å². The van der Waals surface area contributed by atoms with Crippen LogP contribution in [0.4, 0.5) is 5.69 Å². The van der Waals surface area contributed by atoms with E-state index < -0.39 is 18.2 Å². The maximum atomic E-state index is 11.9. The first kappa shape index (κ1) is 14.0. The highest BCUT2D eigenvalue weighted by atomic mass is 79.9. The molecule has 0 saturated carbocycles. The van der Waals surface area contributed by atoms with Crippen LogP contribution in [0.3, 0.4) is 0 Å². The first-order chi connectivity index (χ1) is 8.97. The van der Waals surface area contributed by atoms with Crippen LogP contribution in [0.15, 0.2) is 22.7 Å². The summed E-state index contributed by atoms with van der Waals surface area (Å²) in [6, 6.07) is 5.46. The number of carboxylic acids is 1. The molecule has 6 heteroatoms. The predicted octanol–water partition coefficient (Wildman–Crippen LogP) is 2.33. The summed E-state index contributed by atoms with van der Waals surface area (Å²) in [4.78, 5) is 22.7. The number of ether oxygens (including phenoxy) is 1. The van der Waals surface area contributed by atoms with Crippen molar-refractivity contribution in [1.29, 1.82) is 0 Å². The van der Waals surface area contributed by atoms with Crippen molar-refractivity contribution in [2.75, 3.05) is 5.32 Å². The number of nitrogens with one attached hydrogen (secondary N) is 1. The Morgan fingerprint density at radius 3 is 2.63 bits per heavy atom. The summed E-state index contributed by atoms with van der Waals surface area (Å²) in [6.45, 7) is 1.92. The highest BCUT2D eigenvalue weighted by Gasteiger charge is 2.34. The van der Waals surface area contributed by atoms with Crippen molar-refractivity contribution < 1.29 is 19.4 Å². The Balaban J connectivity index is 1.98. The third kappa shape index (κ3) is 3.33. The highest BCUT2D eigenvalue weighted by Crippen LogP contribution is 2.23. The normalized spacial score (nSPS) is 22.2. The van der Waals surface area contributed by atoms with Gasteiger partial charge in [0, 0.05) is 10.2 Å². The second-order valence-electron chi connectivity index (χ2n) is 4.48. The molecule has 1 aromatic rings. The molecular weight excluding hydrogens is 314 g/mol.